The monoisotopic (exact) mass is 279 g/mol. The van der Waals surface area contributed by atoms with Crippen molar-refractivity contribution in [2.45, 2.75) is 19.3 Å². The minimum Gasteiger partial charge on any atom is -0.342 e. The van der Waals surface area contributed by atoms with Crippen molar-refractivity contribution in [1.82, 2.24) is 4.90 Å². The second-order valence-corrected chi connectivity index (χ2v) is 4.59. The van der Waals surface area contributed by atoms with Gasteiger partial charge >= 0.3 is 0 Å². The minimum atomic E-state index is -0.695. The molecule has 0 aromatic heterocycles. The number of nitrogens with zero attached hydrogens (tertiary/aromatic N) is 3. The van der Waals surface area contributed by atoms with Crippen molar-refractivity contribution in [3.8, 4) is 0 Å². The summed E-state index contributed by atoms with van der Waals surface area (Å²) >= 11 is 0. The Hall–Kier alpha value is -2.51. The van der Waals surface area contributed by atoms with E-state index in [0.717, 1.165) is 18.9 Å². The second-order valence-electron chi connectivity index (χ2n) is 4.59. The van der Waals surface area contributed by atoms with E-state index in [-0.39, 0.29) is 29.3 Å². The van der Waals surface area contributed by atoms with E-state index >= 15 is 0 Å². The number of carbonyl (C=O) groups is 1. The SMILES string of the molecule is O=C(Cc1ccc([N+](=O)[O-])cc1[N+](=O)[O-])N1CCCC1. The maximum absolute atomic E-state index is 12.0. The van der Waals surface area contributed by atoms with E-state index in [9.17, 15) is 25.0 Å². The van der Waals surface area contributed by atoms with Gasteiger partial charge < -0.3 is 4.90 Å². The molecule has 0 aliphatic carbocycles. The number of rotatable bonds is 4. The molecule has 0 bridgehead atoms. The molecule has 1 heterocycles. The molecule has 2 rings (SSSR count). The maximum Gasteiger partial charge on any atom is 0.279 e. The molecule has 8 nitrogen and oxygen atoms in total. The minimum absolute atomic E-state index is 0.103. The van der Waals surface area contributed by atoms with Gasteiger partial charge in [0, 0.05) is 24.7 Å². The lowest BCUT2D eigenvalue weighted by molar-refractivity contribution is -0.394. The van der Waals surface area contributed by atoms with Crippen molar-refractivity contribution < 1.29 is 14.6 Å². The Balaban J connectivity index is 2.24. The molecular weight excluding hydrogens is 266 g/mol. The first-order chi connectivity index (χ1) is 9.49. The average molecular weight is 279 g/mol. The number of carbonyl (C=O) groups excluding carboxylic acids is 1. The van der Waals surface area contributed by atoms with Crippen molar-refractivity contribution in [3.63, 3.8) is 0 Å². The smallest absolute Gasteiger partial charge is 0.279 e. The van der Waals surface area contributed by atoms with Gasteiger partial charge in [-0.3, -0.25) is 25.0 Å². The molecule has 0 spiro atoms. The summed E-state index contributed by atoms with van der Waals surface area (Å²) < 4.78 is 0. The van der Waals surface area contributed by atoms with Crippen LogP contribution in [0.25, 0.3) is 0 Å². The summed E-state index contributed by atoms with van der Waals surface area (Å²) in [6.45, 7) is 1.33. The van der Waals surface area contributed by atoms with E-state index in [0.29, 0.717) is 13.1 Å². The predicted molar refractivity (Wildman–Crippen MR) is 69.3 cm³/mol. The topological polar surface area (TPSA) is 107 Å². The van der Waals surface area contributed by atoms with Gasteiger partial charge in [-0.2, -0.15) is 0 Å². The van der Waals surface area contributed by atoms with Crippen LogP contribution in [-0.2, 0) is 11.2 Å². The van der Waals surface area contributed by atoms with Crippen molar-refractivity contribution >= 4 is 17.3 Å². The van der Waals surface area contributed by atoms with E-state index in [2.05, 4.69) is 0 Å². The third-order valence-electron chi connectivity index (χ3n) is 3.28. The molecule has 0 saturated carbocycles. The van der Waals surface area contributed by atoms with Gasteiger partial charge in [-0.25, -0.2) is 0 Å². The number of hydrogen-bond donors (Lipinski definition) is 0. The normalized spacial score (nSPS) is 14.3. The van der Waals surface area contributed by atoms with Crippen molar-refractivity contribution in [3.05, 3.63) is 44.0 Å². The maximum atomic E-state index is 12.0. The van der Waals surface area contributed by atoms with Crippen molar-refractivity contribution in [1.29, 1.82) is 0 Å². The zero-order valence-corrected chi connectivity index (χ0v) is 10.7. The van der Waals surface area contributed by atoms with Crippen LogP contribution >= 0.6 is 0 Å². The van der Waals surface area contributed by atoms with E-state index in [1.165, 1.54) is 12.1 Å². The number of likely N-dealkylation sites (tertiary alicyclic amines) is 1. The van der Waals surface area contributed by atoms with Gasteiger partial charge in [0.2, 0.25) is 5.91 Å². The van der Waals surface area contributed by atoms with Crippen molar-refractivity contribution in [2.24, 2.45) is 0 Å². The summed E-state index contributed by atoms with van der Waals surface area (Å²) in [6, 6.07) is 3.36. The summed E-state index contributed by atoms with van der Waals surface area (Å²) in [4.78, 5) is 33.8. The average Bonchev–Trinajstić information content (AvgIpc) is 2.92. The van der Waals surface area contributed by atoms with Gasteiger partial charge in [0.25, 0.3) is 11.4 Å². The molecule has 0 N–H and O–H groups in total. The van der Waals surface area contributed by atoms with Gasteiger partial charge in [0.15, 0.2) is 0 Å². The number of amides is 1. The molecule has 1 fully saturated rings. The Kier molecular flexibility index (Phi) is 3.92. The van der Waals surface area contributed by atoms with Gasteiger partial charge in [0.1, 0.15) is 0 Å². The third kappa shape index (κ3) is 2.90. The van der Waals surface area contributed by atoms with Crippen LogP contribution in [-0.4, -0.2) is 33.7 Å². The molecule has 106 valence electrons. The Bertz CT molecular complexity index is 566. The molecule has 0 radical (unpaired) electrons. The van der Waals surface area contributed by atoms with Gasteiger partial charge in [0.05, 0.1) is 22.3 Å². The fourth-order valence-corrected chi connectivity index (χ4v) is 2.23. The lowest BCUT2D eigenvalue weighted by Gasteiger charge is -2.14. The number of hydrogen-bond acceptors (Lipinski definition) is 5. The molecule has 1 aromatic carbocycles. The Morgan fingerprint density at radius 3 is 2.35 bits per heavy atom. The highest BCUT2D eigenvalue weighted by atomic mass is 16.6. The van der Waals surface area contributed by atoms with Gasteiger partial charge in [-0.05, 0) is 18.9 Å². The first-order valence-electron chi connectivity index (χ1n) is 6.18. The zero-order chi connectivity index (χ0) is 14.7. The van der Waals surface area contributed by atoms with Crippen LogP contribution in [0, 0.1) is 20.2 Å². The third-order valence-corrected chi connectivity index (χ3v) is 3.28. The highest BCUT2D eigenvalue weighted by Gasteiger charge is 2.24. The Morgan fingerprint density at radius 2 is 1.80 bits per heavy atom. The first-order valence-corrected chi connectivity index (χ1v) is 6.18. The molecule has 8 heteroatoms. The van der Waals surface area contributed by atoms with Crippen LogP contribution in [0.5, 0.6) is 0 Å². The molecule has 1 saturated heterocycles. The van der Waals surface area contributed by atoms with Crippen LogP contribution < -0.4 is 0 Å². The first kappa shape index (κ1) is 13.9. The fraction of sp³-hybridized carbons (Fsp3) is 0.417. The number of nitro groups is 2. The van der Waals surface area contributed by atoms with Crippen LogP contribution in [0.3, 0.4) is 0 Å². The highest BCUT2D eigenvalue weighted by Crippen LogP contribution is 2.25. The summed E-state index contributed by atoms with van der Waals surface area (Å²) in [5, 5.41) is 21.6. The number of nitro benzene ring substituents is 2. The van der Waals surface area contributed by atoms with E-state index in [1.807, 2.05) is 0 Å². The highest BCUT2D eigenvalue weighted by molar-refractivity contribution is 5.80. The van der Waals surface area contributed by atoms with E-state index in [4.69, 9.17) is 0 Å². The summed E-state index contributed by atoms with van der Waals surface area (Å²) in [7, 11) is 0. The van der Waals surface area contributed by atoms with Gasteiger partial charge in [-0.1, -0.05) is 0 Å². The largest absolute Gasteiger partial charge is 0.342 e. The van der Waals surface area contributed by atoms with E-state index < -0.39 is 9.85 Å². The molecule has 1 aliphatic rings. The number of benzene rings is 1. The van der Waals surface area contributed by atoms with Crippen LogP contribution in [0.1, 0.15) is 18.4 Å². The molecular formula is C12H13N3O5. The van der Waals surface area contributed by atoms with Gasteiger partial charge in [-0.15, -0.1) is 0 Å². The molecule has 1 amide bonds. The lowest BCUT2D eigenvalue weighted by atomic mass is 10.1. The van der Waals surface area contributed by atoms with E-state index in [1.54, 1.807) is 4.90 Å². The lowest BCUT2D eigenvalue weighted by Crippen LogP contribution is -2.29. The molecule has 0 unspecified atom stereocenters. The predicted octanol–water partition coefficient (Wildman–Crippen LogP) is 1.67. The van der Waals surface area contributed by atoms with Crippen LogP contribution in [0.4, 0.5) is 11.4 Å². The molecule has 1 aliphatic heterocycles. The Labute approximate surface area is 114 Å². The molecule has 20 heavy (non-hydrogen) atoms. The Morgan fingerprint density at radius 1 is 1.15 bits per heavy atom. The number of non-ortho nitro benzene ring substituents is 1. The van der Waals surface area contributed by atoms with Crippen LogP contribution in [0.2, 0.25) is 0 Å². The summed E-state index contributed by atoms with van der Waals surface area (Å²) in [6.07, 6.45) is 1.77. The fourth-order valence-electron chi connectivity index (χ4n) is 2.23. The quantitative estimate of drug-likeness (QED) is 0.615. The zero-order valence-electron chi connectivity index (χ0n) is 10.7. The molecule has 0 atom stereocenters. The van der Waals surface area contributed by atoms with Crippen LogP contribution in [0.15, 0.2) is 18.2 Å². The molecule has 1 aromatic rings. The second kappa shape index (κ2) is 5.64. The standard InChI is InChI=1S/C12H13N3O5/c16-12(13-5-1-2-6-13)7-9-3-4-10(14(17)18)8-11(9)15(19)20/h3-4,8H,1-2,5-7H2. The summed E-state index contributed by atoms with van der Waals surface area (Å²) in [5.41, 5.74) is -0.529. The summed E-state index contributed by atoms with van der Waals surface area (Å²) in [5.74, 6) is -0.181. The van der Waals surface area contributed by atoms with Crippen molar-refractivity contribution in [2.75, 3.05) is 13.1 Å².